The van der Waals surface area contributed by atoms with Gasteiger partial charge in [0, 0.05) is 14.2 Å². The van der Waals surface area contributed by atoms with Crippen molar-refractivity contribution in [3.05, 3.63) is 40.4 Å². The van der Waals surface area contributed by atoms with Crippen molar-refractivity contribution < 1.29 is 13.6 Å². The summed E-state index contributed by atoms with van der Waals surface area (Å²) in [5, 5.41) is 0. The van der Waals surface area contributed by atoms with Gasteiger partial charge in [-0.25, -0.2) is 0 Å². The first kappa shape index (κ1) is 18.2. The number of hydrogen-bond acceptors (Lipinski definition) is 3. The van der Waals surface area contributed by atoms with Crippen LogP contribution in [0.1, 0.15) is 47.0 Å². The van der Waals surface area contributed by atoms with Crippen molar-refractivity contribution in [3.63, 3.8) is 0 Å². The molecule has 0 aromatic carbocycles. The van der Waals surface area contributed by atoms with E-state index in [9.17, 15) is 4.57 Å². The lowest BCUT2D eigenvalue weighted by molar-refractivity contribution is 0.286. The first-order valence-electron chi connectivity index (χ1n) is 7.28. The molecule has 0 fully saturated rings. The Labute approximate surface area is 129 Å². The molecule has 1 rings (SSSR count). The molecule has 0 spiro atoms. The van der Waals surface area contributed by atoms with Crippen LogP contribution in [0.15, 0.2) is 40.4 Å². The highest BCUT2D eigenvalue weighted by atomic mass is 31.2. The minimum atomic E-state index is -3.13. The van der Waals surface area contributed by atoms with Gasteiger partial charge in [-0.3, -0.25) is 4.57 Å². The summed E-state index contributed by atoms with van der Waals surface area (Å²) in [6.45, 7) is 8.70. The minimum absolute atomic E-state index is 0.219. The van der Waals surface area contributed by atoms with E-state index in [0.29, 0.717) is 0 Å². The molecular weight excluding hydrogens is 283 g/mol. The maximum Gasteiger partial charge on any atom is 0.361 e. The van der Waals surface area contributed by atoms with Crippen LogP contribution in [0.5, 0.6) is 0 Å². The number of allylic oxidation sites excluding steroid dienone is 5. The molecule has 1 aliphatic carbocycles. The molecule has 21 heavy (non-hydrogen) atoms. The van der Waals surface area contributed by atoms with Crippen LogP contribution < -0.4 is 0 Å². The zero-order valence-corrected chi connectivity index (χ0v) is 14.9. The quantitative estimate of drug-likeness (QED) is 0.376. The van der Waals surface area contributed by atoms with Gasteiger partial charge in [0.05, 0.1) is 5.82 Å². The van der Waals surface area contributed by atoms with Gasteiger partial charge in [-0.15, -0.1) is 5.73 Å². The highest BCUT2D eigenvalue weighted by molar-refractivity contribution is 7.57. The Bertz CT molecular complexity index is 538. The molecule has 0 saturated carbocycles. The van der Waals surface area contributed by atoms with E-state index in [1.165, 1.54) is 50.4 Å². The average Bonchev–Trinajstić information content (AvgIpc) is 2.43. The van der Waals surface area contributed by atoms with Crippen molar-refractivity contribution >= 4 is 7.60 Å². The maximum absolute atomic E-state index is 11.9. The van der Waals surface area contributed by atoms with Crippen LogP contribution in [-0.4, -0.2) is 14.2 Å². The third-order valence-electron chi connectivity index (χ3n) is 4.00. The van der Waals surface area contributed by atoms with E-state index in [4.69, 9.17) is 9.05 Å². The first-order valence-corrected chi connectivity index (χ1v) is 8.89. The van der Waals surface area contributed by atoms with Gasteiger partial charge in [-0.2, -0.15) is 0 Å². The van der Waals surface area contributed by atoms with E-state index in [1.54, 1.807) is 0 Å². The molecule has 0 aromatic rings. The Hall–Kier alpha value is -0.850. The van der Waals surface area contributed by atoms with E-state index in [-0.39, 0.29) is 5.41 Å². The molecule has 0 heterocycles. The largest absolute Gasteiger partial charge is 0.361 e. The fraction of sp³-hybridized carbons (Fsp3) is 0.588. The van der Waals surface area contributed by atoms with Gasteiger partial charge >= 0.3 is 7.60 Å². The van der Waals surface area contributed by atoms with Crippen LogP contribution in [0.2, 0.25) is 0 Å². The molecule has 0 N–H and O–H groups in total. The summed E-state index contributed by atoms with van der Waals surface area (Å²) in [6.07, 6.45) is 7.82. The van der Waals surface area contributed by atoms with Gasteiger partial charge in [-0.05, 0) is 49.7 Å². The van der Waals surface area contributed by atoms with E-state index < -0.39 is 7.60 Å². The molecule has 0 atom stereocenters. The maximum atomic E-state index is 11.9. The average molecular weight is 310 g/mol. The first-order chi connectivity index (χ1) is 9.74. The summed E-state index contributed by atoms with van der Waals surface area (Å²) < 4.78 is 21.6. The lowest BCUT2D eigenvalue weighted by atomic mass is 9.72. The highest BCUT2D eigenvalue weighted by Crippen LogP contribution is 2.47. The summed E-state index contributed by atoms with van der Waals surface area (Å²) >= 11 is 0. The molecule has 0 aliphatic heterocycles. The zero-order valence-electron chi connectivity index (χ0n) is 14.0. The lowest BCUT2D eigenvalue weighted by Gasteiger charge is -2.32. The molecule has 118 valence electrons. The van der Waals surface area contributed by atoms with Crippen molar-refractivity contribution in [2.75, 3.05) is 14.2 Å². The van der Waals surface area contributed by atoms with Crippen molar-refractivity contribution in [2.24, 2.45) is 5.41 Å². The second-order valence-corrected chi connectivity index (χ2v) is 8.19. The Balaban J connectivity index is 2.99. The topological polar surface area (TPSA) is 35.5 Å². The fourth-order valence-electron chi connectivity index (χ4n) is 2.63. The Morgan fingerprint density at radius 1 is 1.33 bits per heavy atom. The van der Waals surface area contributed by atoms with Crippen LogP contribution >= 0.6 is 7.60 Å². The molecule has 0 unspecified atom stereocenters. The van der Waals surface area contributed by atoms with Crippen molar-refractivity contribution in [2.45, 2.75) is 47.0 Å². The predicted molar refractivity (Wildman–Crippen MR) is 88.4 cm³/mol. The third kappa shape index (κ3) is 5.13. The van der Waals surface area contributed by atoms with E-state index in [0.717, 1.165) is 5.57 Å². The normalized spacial score (nSPS) is 18.8. The zero-order chi connectivity index (χ0) is 16.1. The summed E-state index contributed by atoms with van der Waals surface area (Å²) in [7, 11) is -0.397. The van der Waals surface area contributed by atoms with Crippen molar-refractivity contribution in [3.8, 4) is 0 Å². The molecule has 0 amide bonds. The summed E-state index contributed by atoms with van der Waals surface area (Å²) in [5.41, 5.74) is 6.95. The summed E-state index contributed by atoms with van der Waals surface area (Å²) in [5.74, 6) is 1.37. The van der Waals surface area contributed by atoms with Crippen LogP contribution in [0, 0.1) is 5.41 Å². The highest BCUT2D eigenvalue weighted by Gasteiger charge is 2.26. The van der Waals surface area contributed by atoms with Crippen molar-refractivity contribution in [1.82, 2.24) is 0 Å². The molecule has 1 aliphatic rings. The van der Waals surface area contributed by atoms with Gasteiger partial charge in [0.2, 0.25) is 0 Å². The number of hydrogen-bond donors (Lipinski definition) is 0. The monoisotopic (exact) mass is 310 g/mol. The summed E-state index contributed by atoms with van der Waals surface area (Å²) in [6, 6.07) is 0. The third-order valence-corrected chi connectivity index (χ3v) is 5.47. The standard InChI is InChI=1S/C17H27O3P/c1-14(11-13-21(18,19-5)20-6)9-10-16-15(2)8-7-12-17(16,3)4/h9-10,13H,7-8,12H2,1-6H3. The Morgan fingerprint density at radius 2 is 1.95 bits per heavy atom. The van der Waals surface area contributed by atoms with Gasteiger partial charge < -0.3 is 9.05 Å². The second kappa shape index (κ2) is 7.42. The molecule has 0 radical (unpaired) electrons. The van der Waals surface area contributed by atoms with E-state index in [1.807, 2.05) is 13.0 Å². The van der Waals surface area contributed by atoms with Gasteiger partial charge in [-0.1, -0.05) is 31.6 Å². The molecule has 4 heteroatoms. The van der Waals surface area contributed by atoms with Gasteiger partial charge in [0.1, 0.15) is 0 Å². The fourth-order valence-corrected chi connectivity index (χ4v) is 3.35. The molecule has 0 bridgehead atoms. The molecule has 0 aromatic heterocycles. The Kier molecular flexibility index (Phi) is 6.43. The SMILES string of the molecule is COP(=O)(C=C=C(C)C=CC1=C(C)CCCC1(C)C)OC. The van der Waals surface area contributed by atoms with Crippen LogP contribution in [0.4, 0.5) is 0 Å². The lowest BCUT2D eigenvalue weighted by Crippen LogP contribution is -2.19. The van der Waals surface area contributed by atoms with E-state index >= 15 is 0 Å². The van der Waals surface area contributed by atoms with Crippen LogP contribution in [0.3, 0.4) is 0 Å². The van der Waals surface area contributed by atoms with Crippen molar-refractivity contribution in [1.29, 1.82) is 0 Å². The van der Waals surface area contributed by atoms with Crippen LogP contribution in [-0.2, 0) is 13.6 Å². The minimum Gasteiger partial charge on any atom is -0.309 e. The molecule has 0 saturated heterocycles. The summed E-state index contributed by atoms with van der Waals surface area (Å²) in [4.78, 5) is 0. The molecular formula is C17H27O3P. The Morgan fingerprint density at radius 3 is 2.48 bits per heavy atom. The van der Waals surface area contributed by atoms with Gasteiger partial charge in [0.25, 0.3) is 0 Å². The van der Waals surface area contributed by atoms with E-state index in [2.05, 4.69) is 32.6 Å². The van der Waals surface area contributed by atoms with Gasteiger partial charge in [0.15, 0.2) is 0 Å². The predicted octanol–water partition coefficient (Wildman–Crippen LogP) is 5.61. The number of rotatable bonds is 5. The smallest absolute Gasteiger partial charge is 0.309 e. The molecule has 3 nitrogen and oxygen atoms in total. The van der Waals surface area contributed by atoms with Crippen LogP contribution in [0.25, 0.3) is 0 Å². The second-order valence-electron chi connectivity index (χ2n) is 6.13.